The number of piperidine rings is 1. The van der Waals surface area contributed by atoms with Crippen LogP contribution in [0.3, 0.4) is 0 Å². The molecule has 2 fully saturated rings. The van der Waals surface area contributed by atoms with Gasteiger partial charge in [0.1, 0.15) is 11.5 Å². The Morgan fingerprint density at radius 3 is 2.68 bits per heavy atom. The van der Waals surface area contributed by atoms with Crippen molar-refractivity contribution in [1.29, 1.82) is 0 Å². The van der Waals surface area contributed by atoms with Crippen LogP contribution in [0, 0.1) is 5.92 Å². The van der Waals surface area contributed by atoms with E-state index in [-0.39, 0.29) is 11.9 Å². The highest BCUT2D eigenvalue weighted by Crippen LogP contribution is 2.38. The summed E-state index contributed by atoms with van der Waals surface area (Å²) in [5, 5.41) is 0. The summed E-state index contributed by atoms with van der Waals surface area (Å²) < 4.78 is 11.0. The zero-order valence-corrected chi connectivity index (χ0v) is 15.7. The van der Waals surface area contributed by atoms with Gasteiger partial charge in [-0.05, 0) is 56.3 Å². The lowest BCUT2D eigenvalue weighted by atomic mass is 10.00. The molecule has 0 unspecified atom stereocenters. The van der Waals surface area contributed by atoms with Gasteiger partial charge in [-0.1, -0.05) is 6.92 Å². The Morgan fingerprint density at radius 2 is 1.96 bits per heavy atom. The Bertz CT molecular complexity index is 605. The summed E-state index contributed by atoms with van der Waals surface area (Å²) in [5.74, 6) is 2.58. The molecule has 1 amide bonds. The SMILES string of the molecule is COc1ccc(OC)c([C@H]2CCCN2CC(=O)N2CCC[C@H](C)C2)c1. The summed E-state index contributed by atoms with van der Waals surface area (Å²) in [7, 11) is 3.38. The molecule has 1 aromatic rings. The molecule has 2 aliphatic heterocycles. The van der Waals surface area contributed by atoms with E-state index in [0.717, 1.165) is 56.0 Å². The fourth-order valence-corrected chi connectivity index (χ4v) is 4.16. The molecule has 5 nitrogen and oxygen atoms in total. The molecule has 2 saturated heterocycles. The van der Waals surface area contributed by atoms with Crippen molar-refractivity contribution in [3.63, 3.8) is 0 Å². The summed E-state index contributed by atoms with van der Waals surface area (Å²) in [6.45, 7) is 5.50. The van der Waals surface area contributed by atoms with Gasteiger partial charge < -0.3 is 14.4 Å². The fraction of sp³-hybridized carbons (Fsp3) is 0.650. The predicted octanol–water partition coefficient (Wildman–Crippen LogP) is 3.10. The van der Waals surface area contributed by atoms with Gasteiger partial charge >= 0.3 is 0 Å². The Kier molecular flexibility index (Phi) is 5.84. The maximum Gasteiger partial charge on any atom is 0.236 e. The topological polar surface area (TPSA) is 42.0 Å². The molecule has 2 aliphatic rings. The van der Waals surface area contributed by atoms with Gasteiger partial charge in [-0.25, -0.2) is 0 Å². The highest BCUT2D eigenvalue weighted by Gasteiger charge is 2.32. The highest BCUT2D eigenvalue weighted by molar-refractivity contribution is 5.78. The fourth-order valence-electron chi connectivity index (χ4n) is 4.16. The number of ether oxygens (including phenoxy) is 2. The van der Waals surface area contributed by atoms with Gasteiger partial charge in [-0.2, -0.15) is 0 Å². The third-order valence-corrected chi connectivity index (χ3v) is 5.51. The first-order valence-corrected chi connectivity index (χ1v) is 9.36. The van der Waals surface area contributed by atoms with Gasteiger partial charge in [0.15, 0.2) is 0 Å². The molecular formula is C20H30N2O3. The van der Waals surface area contributed by atoms with Gasteiger partial charge in [0.2, 0.25) is 5.91 Å². The number of benzene rings is 1. The highest BCUT2D eigenvalue weighted by atomic mass is 16.5. The summed E-state index contributed by atoms with van der Waals surface area (Å²) in [5.41, 5.74) is 1.12. The quantitative estimate of drug-likeness (QED) is 0.822. The molecule has 2 atom stereocenters. The van der Waals surface area contributed by atoms with Crippen molar-refractivity contribution in [1.82, 2.24) is 9.80 Å². The summed E-state index contributed by atoms with van der Waals surface area (Å²) >= 11 is 0. The Hall–Kier alpha value is -1.75. The number of hydrogen-bond acceptors (Lipinski definition) is 4. The number of carbonyl (C=O) groups is 1. The number of hydrogen-bond donors (Lipinski definition) is 0. The third kappa shape index (κ3) is 4.09. The van der Waals surface area contributed by atoms with Gasteiger partial charge in [0.25, 0.3) is 0 Å². The van der Waals surface area contributed by atoms with Crippen LogP contribution in [-0.4, -0.2) is 56.1 Å². The number of likely N-dealkylation sites (tertiary alicyclic amines) is 2. The molecule has 25 heavy (non-hydrogen) atoms. The normalized spacial score (nSPS) is 24.4. The lowest BCUT2D eigenvalue weighted by molar-refractivity contribution is -0.134. The minimum atomic E-state index is 0.219. The van der Waals surface area contributed by atoms with E-state index in [1.54, 1.807) is 14.2 Å². The first kappa shape index (κ1) is 18.1. The Balaban J connectivity index is 1.73. The van der Waals surface area contributed by atoms with Crippen LogP contribution >= 0.6 is 0 Å². The Morgan fingerprint density at radius 1 is 1.16 bits per heavy atom. The van der Waals surface area contributed by atoms with E-state index >= 15 is 0 Å². The number of amides is 1. The maximum absolute atomic E-state index is 12.8. The zero-order chi connectivity index (χ0) is 17.8. The number of nitrogens with zero attached hydrogens (tertiary/aromatic N) is 2. The molecule has 0 spiro atoms. The lowest BCUT2D eigenvalue weighted by Gasteiger charge is -2.33. The lowest BCUT2D eigenvalue weighted by Crippen LogP contribution is -2.44. The van der Waals surface area contributed by atoms with Crippen molar-refractivity contribution in [3.05, 3.63) is 23.8 Å². The standard InChI is InChI=1S/C20H30N2O3/c1-15-6-4-11-22(13-15)20(23)14-21-10-5-7-18(21)17-12-16(24-2)8-9-19(17)25-3/h8-9,12,15,18H,4-7,10-11,13-14H2,1-3H3/t15-,18+/m0/s1. The number of methoxy groups -OCH3 is 2. The van der Waals surface area contributed by atoms with E-state index in [2.05, 4.69) is 17.9 Å². The van der Waals surface area contributed by atoms with Crippen LogP contribution in [-0.2, 0) is 4.79 Å². The first-order valence-electron chi connectivity index (χ1n) is 9.36. The average Bonchev–Trinajstić information content (AvgIpc) is 3.09. The van der Waals surface area contributed by atoms with Crippen LogP contribution in [0.2, 0.25) is 0 Å². The van der Waals surface area contributed by atoms with E-state index in [1.165, 1.54) is 6.42 Å². The van der Waals surface area contributed by atoms with Crippen LogP contribution in [0.25, 0.3) is 0 Å². The van der Waals surface area contributed by atoms with Crippen molar-refractivity contribution in [2.24, 2.45) is 5.92 Å². The van der Waals surface area contributed by atoms with Crippen molar-refractivity contribution in [2.75, 3.05) is 40.4 Å². The van der Waals surface area contributed by atoms with Gasteiger partial charge in [0.05, 0.1) is 20.8 Å². The molecule has 5 heteroatoms. The monoisotopic (exact) mass is 346 g/mol. The van der Waals surface area contributed by atoms with Crippen LogP contribution in [0.15, 0.2) is 18.2 Å². The second kappa shape index (κ2) is 8.09. The van der Waals surface area contributed by atoms with Crippen LogP contribution < -0.4 is 9.47 Å². The maximum atomic E-state index is 12.8. The minimum Gasteiger partial charge on any atom is -0.497 e. The molecule has 0 radical (unpaired) electrons. The summed E-state index contributed by atoms with van der Waals surface area (Å²) in [4.78, 5) is 17.1. The van der Waals surface area contributed by atoms with E-state index in [9.17, 15) is 4.79 Å². The first-order chi connectivity index (χ1) is 12.1. The molecule has 0 aliphatic carbocycles. The molecule has 1 aromatic carbocycles. The van der Waals surface area contributed by atoms with E-state index in [0.29, 0.717) is 12.5 Å². The molecule has 0 saturated carbocycles. The smallest absolute Gasteiger partial charge is 0.236 e. The Labute approximate surface area is 150 Å². The molecule has 2 heterocycles. The van der Waals surface area contributed by atoms with E-state index < -0.39 is 0 Å². The number of carbonyl (C=O) groups excluding carboxylic acids is 1. The van der Waals surface area contributed by atoms with Crippen LogP contribution in [0.4, 0.5) is 0 Å². The molecule has 0 bridgehead atoms. The summed E-state index contributed by atoms with van der Waals surface area (Å²) in [6.07, 6.45) is 4.51. The molecule has 0 N–H and O–H groups in total. The average molecular weight is 346 g/mol. The molecular weight excluding hydrogens is 316 g/mol. The molecule has 0 aromatic heterocycles. The minimum absolute atomic E-state index is 0.219. The van der Waals surface area contributed by atoms with Gasteiger partial charge in [0, 0.05) is 24.7 Å². The van der Waals surface area contributed by atoms with E-state index in [1.807, 2.05) is 17.0 Å². The zero-order valence-electron chi connectivity index (χ0n) is 15.7. The number of rotatable bonds is 5. The van der Waals surface area contributed by atoms with Crippen LogP contribution in [0.1, 0.15) is 44.2 Å². The van der Waals surface area contributed by atoms with Crippen molar-refractivity contribution >= 4 is 5.91 Å². The molecule has 3 rings (SSSR count). The largest absolute Gasteiger partial charge is 0.497 e. The predicted molar refractivity (Wildman–Crippen MR) is 98.1 cm³/mol. The van der Waals surface area contributed by atoms with Crippen LogP contribution in [0.5, 0.6) is 11.5 Å². The van der Waals surface area contributed by atoms with Crippen molar-refractivity contribution < 1.29 is 14.3 Å². The van der Waals surface area contributed by atoms with Crippen molar-refractivity contribution in [2.45, 2.75) is 38.6 Å². The van der Waals surface area contributed by atoms with E-state index in [4.69, 9.17) is 9.47 Å². The second-order valence-electron chi connectivity index (χ2n) is 7.32. The van der Waals surface area contributed by atoms with Crippen molar-refractivity contribution in [3.8, 4) is 11.5 Å². The molecule has 138 valence electrons. The summed E-state index contributed by atoms with van der Waals surface area (Å²) in [6, 6.07) is 6.15. The van der Waals surface area contributed by atoms with Gasteiger partial charge in [-0.15, -0.1) is 0 Å². The third-order valence-electron chi connectivity index (χ3n) is 5.51. The van der Waals surface area contributed by atoms with Gasteiger partial charge in [-0.3, -0.25) is 9.69 Å². The second-order valence-corrected chi connectivity index (χ2v) is 7.32.